The van der Waals surface area contributed by atoms with Crippen LogP contribution in [0.3, 0.4) is 0 Å². The number of carboxylic acids is 1. The zero-order chi connectivity index (χ0) is 12.3. The summed E-state index contributed by atoms with van der Waals surface area (Å²) in [6, 6.07) is -0.670. The van der Waals surface area contributed by atoms with E-state index in [4.69, 9.17) is 5.11 Å². The van der Waals surface area contributed by atoms with Crippen molar-refractivity contribution in [3.8, 4) is 0 Å². The van der Waals surface area contributed by atoms with E-state index < -0.39 is 22.0 Å². The summed E-state index contributed by atoms with van der Waals surface area (Å²) in [7, 11) is -3.70. The molecule has 1 atom stereocenters. The second-order valence-electron chi connectivity index (χ2n) is 3.48. The van der Waals surface area contributed by atoms with Gasteiger partial charge in [-0.15, -0.1) is 0 Å². The van der Waals surface area contributed by atoms with Gasteiger partial charge >= 0.3 is 5.97 Å². The Morgan fingerprint density at radius 3 is 2.75 bits per heavy atom. The summed E-state index contributed by atoms with van der Waals surface area (Å²) < 4.78 is 25.7. The van der Waals surface area contributed by atoms with Crippen molar-refractivity contribution in [3.05, 3.63) is 11.9 Å². The first-order valence-electron chi connectivity index (χ1n) is 4.57. The fourth-order valence-electron chi connectivity index (χ4n) is 1.24. The summed E-state index contributed by atoms with van der Waals surface area (Å²) in [4.78, 5) is 10.4. The normalized spacial score (nSPS) is 13.6. The molecular formula is C8H13N3O4S. The highest BCUT2D eigenvalue weighted by Crippen LogP contribution is 2.11. The van der Waals surface area contributed by atoms with Crippen LogP contribution in [0.5, 0.6) is 0 Å². The Hall–Kier alpha value is -1.41. The molecule has 1 unspecified atom stereocenters. The van der Waals surface area contributed by atoms with Gasteiger partial charge in [-0.1, -0.05) is 0 Å². The van der Waals surface area contributed by atoms with Crippen LogP contribution in [0.2, 0.25) is 0 Å². The molecule has 1 heterocycles. The Labute approximate surface area is 92.9 Å². The minimum atomic E-state index is -3.70. The van der Waals surface area contributed by atoms with E-state index in [-0.39, 0.29) is 11.3 Å². The van der Waals surface area contributed by atoms with Crippen LogP contribution in [0.1, 0.15) is 19.0 Å². The summed E-state index contributed by atoms with van der Waals surface area (Å²) in [6.07, 6.45) is 0.918. The van der Waals surface area contributed by atoms with Crippen molar-refractivity contribution in [2.75, 3.05) is 0 Å². The van der Waals surface area contributed by atoms with Gasteiger partial charge in [0.1, 0.15) is 4.90 Å². The van der Waals surface area contributed by atoms with Gasteiger partial charge in [0.05, 0.1) is 18.3 Å². The summed E-state index contributed by atoms with van der Waals surface area (Å²) in [5.41, 5.74) is 0.412. The van der Waals surface area contributed by atoms with Gasteiger partial charge in [-0.3, -0.25) is 9.89 Å². The summed E-state index contributed by atoms with van der Waals surface area (Å²) >= 11 is 0. The number of aromatic nitrogens is 2. The van der Waals surface area contributed by atoms with Crippen LogP contribution >= 0.6 is 0 Å². The van der Waals surface area contributed by atoms with Gasteiger partial charge in [0.15, 0.2) is 0 Å². The molecule has 90 valence electrons. The summed E-state index contributed by atoms with van der Waals surface area (Å²) in [6.45, 7) is 3.06. The molecule has 0 aromatic carbocycles. The zero-order valence-electron chi connectivity index (χ0n) is 8.89. The maximum atomic E-state index is 11.7. The molecule has 0 aliphatic heterocycles. The standard InChI is InChI=1S/C8H13N3O4S/c1-5(3-8(12)13)11-16(14,15)7-4-9-10-6(7)2/h4-5,11H,3H2,1-2H3,(H,9,10)(H,12,13). The van der Waals surface area contributed by atoms with Crippen LogP contribution in [-0.4, -0.2) is 35.7 Å². The Bertz CT molecular complexity index is 479. The molecule has 3 N–H and O–H groups in total. The average Bonchev–Trinajstić information content (AvgIpc) is 2.48. The van der Waals surface area contributed by atoms with E-state index in [0.29, 0.717) is 5.69 Å². The molecule has 0 saturated carbocycles. The lowest BCUT2D eigenvalue weighted by atomic mass is 10.3. The minimum Gasteiger partial charge on any atom is -0.481 e. The van der Waals surface area contributed by atoms with Crippen molar-refractivity contribution < 1.29 is 18.3 Å². The van der Waals surface area contributed by atoms with Crippen LogP contribution in [0, 0.1) is 6.92 Å². The molecule has 0 aliphatic rings. The number of H-pyrrole nitrogens is 1. The molecule has 0 fully saturated rings. The van der Waals surface area contributed by atoms with Crippen LogP contribution in [0.4, 0.5) is 0 Å². The van der Waals surface area contributed by atoms with Crippen molar-refractivity contribution in [3.63, 3.8) is 0 Å². The molecule has 0 amide bonds. The second kappa shape index (κ2) is 4.62. The lowest BCUT2D eigenvalue weighted by Gasteiger charge is -2.11. The van der Waals surface area contributed by atoms with Gasteiger partial charge in [0.2, 0.25) is 10.0 Å². The lowest BCUT2D eigenvalue weighted by molar-refractivity contribution is -0.137. The molecule has 0 spiro atoms. The molecule has 0 bridgehead atoms. The molecule has 0 saturated heterocycles. The SMILES string of the molecule is Cc1[nH]ncc1S(=O)(=O)NC(C)CC(=O)O. The smallest absolute Gasteiger partial charge is 0.304 e. The third-order valence-electron chi connectivity index (χ3n) is 1.91. The number of nitrogens with one attached hydrogen (secondary N) is 2. The number of aliphatic carboxylic acids is 1. The Morgan fingerprint density at radius 1 is 1.69 bits per heavy atom. The van der Waals surface area contributed by atoms with Gasteiger partial charge in [0, 0.05) is 6.04 Å². The third-order valence-corrected chi connectivity index (χ3v) is 3.61. The van der Waals surface area contributed by atoms with Crippen molar-refractivity contribution in [2.45, 2.75) is 31.2 Å². The molecular weight excluding hydrogens is 234 g/mol. The monoisotopic (exact) mass is 247 g/mol. The van der Waals surface area contributed by atoms with E-state index in [1.54, 1.807) is 6.92 Å². The molecule has 0 aliphatic carbocycles. The Balaban J connectivity index is 2.81. The van der Waals surface area contributed by atoms with Gasteiger partial charge in [-0.05, 0) is 13.8 Å². The molecule has 1 aromatic heterocycles. The van der Waals surface area contributed by atoms with Crippen LogP contribution in [0.25, 0.3) is 0 Å². The Kier molecular flexibility index (Phi) is 3.66. The van der Waals surface area contributed by atoms with E-state index >= 15 is 0 Å². The minimum absolute atomic E-state index is 0.0322. The topological polar surface area (TPSA) is 112 Å². The van der Waals surface area contributed by atoms with Gasteiger partial charge < -0.3 is 5.11 Å². The fourth-order valence-corrected chi connectivity index (χ4v) is 2.62. The van der Waals surface area contributed by atoms with Gasteiger partial charge in [-0.2, -0.15) is 5.10 Å². The number of aryl methyl sites for hydroxylation is 1. The maximum Gasteiger partial charge on any atom is 0.304 e. The first kappa shape index (κ1) is 12.7. The molecule has 1 rings (SSSR count). The molecule has 7 nitrogen and oxygen atoms in total. The fraction of sp³-hybridized carbons (Fsp3) is 0.500. The van der Waals surface area contributed by atoms with Crippen molar-refractivity contribution in [1.29, 1.82) is 0 Å². The van der Waals surface area contributed by atoms with Crippen molar-refractivity contribution in [1.82, 2.24) is 14.9 Å². The Morgan fingerprint density at radius 2 is 2.31 bits per heavy atom. The zero-order valence-corrected chi connectivity index (χ0v) is 9.71. The largest absolute Gasteiger partial charge is 0.481 e. The molecule has 0 radical (unpaired) electrons. The highest BCUT2D eigenvalue weighted by atomic mass is 32.2. The second-order valence-corrected chi connectivity index (χ2v) is 5.16. The number of sulfonamides is 1. The summed E-state index contributed by atoms with van der Waals surface area (Å²) in [5, 5.41) is 14.6. The van der Waals surface area contributed by atoms with Crippen LogP contribution < -0.4 is 4.72 Å². The van der Waals surface area contributed by atoms with E-state index in [9.17, 15) is 13.2 Å². The molecule has 16 heavy (non-hydrogen) atoms. The first-order valence-corrected chi connectivity index (χ1v) is 6.05. The van der Waals surface area contributed by atoms with Crippen LogP contribution in [-0.2, 0) is 14.8 Å². The van der Waals surface area contributed by atoms with E-state index in [2.05, 4.69) is 14.9 Å². The first-order chi connectivity index (χ1) is 7.33. The molecule has 8 heteroatoms. The van der Waals surface area contributed by atoms with Gasteiger partial charge in [-0.25, -0.2) is 13.1 Å². The third kappa shape index (κ3) is 3.04. The van der Waals surface area contributed by atoms with E-state index in [1.807, 2.05) is 0 Å². The highest BCUT2D eigenvalue weighted by molar-refractivity contribution is 7.89. The van der Waals surface area contributed by atoms with Crippen LogP contribution in [0.15, 0.2) is 11.1 Å². The lowest BCUT2D eigenvalue weighted by Crippen LogP contribution is -2.34. The number of hydrogen-bond acceptors (Lipinski definition) is 4. The molecule has 1 aromatic rings. The number of aromatic amines is 1. The van der Waals surface area contributed by atoms with E-state index in [0.717, 1.165) is 0 Å². The number of carboxylic acid groups (broad SMARTS) is 1. The number of rotatable bonds is 5. The summed E-state index contributed by atoms with van der Waals surface area (Å²) in [5.74, 6) is -1.06. The number of carbonyl (C=O) groups is 1. The van der Waals surface area contributed by atoms with Crippen molar-refractivity contribution in [2.24, 2.45) is 0 Å². The van der Waals surface area contributed by atoms with E-state index in [1.165, 1.54) is 13.1 Å². The van der Waals surface area contributed by atoms with Crippen molar-refractivity contribution >= 4 is 16.0 Å². The highest BCUT2D eigenvalue weighted by Gasteiger charge is 2.21. The maximum absolute atomic E-state index is 11.7. The quantitative estimate of drug-likeness (QED) is 0.670. The number of nitrogens with zero attached hydrogens (tertiary/aromatic N) is 1. The predicted molar refractivity (Wildman–Crippen MR) is 55.4 cm³/mol. The number of hydrogen-bond donors (Lipinski definition) is 3. The van der Waals surface area contributed by atoms with Gasteiger partial charge in [0.25, 0.3) is 0 Å². The predicted octanol–water partition coefficient (Wildman–Crippen LogP) is -0.140. The average molecular weight is 247 g/mol.